The number of hydrogen-bond acceptors (Lipinski definition) is 0. The van der Waals surface area contributed by atoms with Gasteiger partial charge in [-0.1, -0.05) is 0 Å². The Labute approximate surface area is 143 Å². The van der Waals surface area contributed by atoms with Crippen molar-refractivity contribution in [2.45, 2.75) is 13.8 Å². The number of allylic oxidation sites excluding steroid dienone is 2. The summed E-state index contributed by atoms with van der Waals surface area (Å²) < 4.78 is 3.05. The van der Waals surface area contributed by atoms with Crippen LogP contribution in [0.3, 0.4) is 0 Å². The molecule has 1 aliphatic carbocycles. The van der Waals surface area contributed by atoms with Crippen LogP contribution in [0.4, 0.5) is 0 Å². The molecule has 1 nitrogen and oxygen atoms in total. The van der Waals surface area contributed by atoms with Crippen molar-refractivity contribution in [2.24, 2.45) is 0 Å². The van der Waals surface area contributed by atoms with E-state index in [9.17, 15) is 0 Å². The summed E-state index contributed by atoms with van der Waals surface area (Å²) in [5, 5.41) is 2.84. The molecule has 0 atom stereocenters. The van der Waals surface area contributed by atoms with Gasteiger partial charge in [0, 0.05) is 0 Å². The monoisotopic (exact) mass is 381 g/mol. The molecule has 1 aromatic carbocycles. The minimum absolute atomic E-state index is 0. The third kappa shape index (κ3) is 3.36. The van der Waals surface area contributed by atoms with Gasteiger partial charge in [0.2, 0.25) is 0 Å². The molecule has 3 rings (SSSR count). The molecule has 102 valence electrons. The van der Waals surface area contributed by atoms with E-state index in [1.165, 1.54) is 25.0 Å². The summed E-state index contributed by atoms with van der Waals surface area (Å²) >= 11 is -0.732. The van der Waals surface area contributed by atoms with Crippen LogP contribution in [-0.2, 0) is 23.2 Å². The Kier molecular flexibility index (Phi) is 6.52. The summed E-state index contributed by atoms with van der Waals surface area (Å²) in [5.74, 6) is 0. The molecule has 4 heteroatoms. The van der Waals surface area contributed by atoms with Crippen LogP contribution in [0.1, 0.15) is 13.8 Å². The second-order valence-corrected chi connectivity index (χ2v) is 7.90. The molecule has 0 saturated carbocycles. The van der Waals surface area contributed by atoms with Gasteiger partial charge in [-0.3, -0.25) is 0 Å². The maximum Gasteiger partial charge on any atom is -1.00 e. The van der Waals surface area contributed by atoms with E-state index in [0.29, 0.717) is 0 Å². The number of aromatic nitrogens is 1. The number of fused-ring (bicyclic) bond motifs is 1. The standard InChI is InChI=1S/C12H11.C4H4N.2ClH.Zr/c1-9(2)12-7-10-5-3-4-6-11(10)8-12;1-2-4-5-3-1;;;/h3-7H,1-2H3;1-3,5H;2*1H;/q;;;;+2/p-2. The van der Waals surface area contributed by atoms with Crippen molar-refractivity contribution in [1.29, 1.82) is 0 Å². The summed E-state index contributed by atoms with van der Waals surface area (Å²) in [6.07, 6.45) is 4.38. The van der Waals surface area contributed by atoms with Gasteiger partial charge < -0.3 is 24.8 Å². The number of benzene rings is 1. The molecule has 0 spiro atoms. The van der Waals surface area contributed by atoms with E-state index < -0.39 is 23.2 Å². The molecule has 0 radical (unpaired) electrons. The van der Waals surface area contributed by atoms with Crippen LogP contribution in [-0.4, -0.2) is 4.98 Å². The number of halogens is 2. The van der Waals surface area contributed by atoms with Crippen LogP contribution in [0.25, 0.3) is 9.36 Å². The second kappa shape index (κ2) is 7.45. The van der Waals surface area contributed by atoms with Gasteiger partial charge in [-0.2, -0.15) is 0 Å². The predicted octanol–water partition coefficient (Wildman–Crippen LogP) is -4.33. The molecule has 0 bridgehead atoms. The van der Waals surface area contributed by atoms with Crippen molar-refractivity contribution >= 4 is 12.8 Å². The minimum atomic E-state index is -0.732. The maximum absolute atomic E-state index is 3.37. The van der Waals surface area contributed by atoms with Crippen LogP contribution in [0.5, 0.6) is 0 Å². The molecule has 1 N–H and O–H groups in total. The zero-order valence-corrected chi connectivity index (χ0v) is 15.3. The van der Waals surface area contributed by atoms with E-state index in [1.807, 2.05) is 6.20 Å². The van der Waals surface area contributed by atoms with Gasteiger partial charge >= 0.3 is 119 Å². The molecule has 0 fully saturated rings. The summed E-state index contributed by atoms with van der Waals surface area (Å²) in [6, 6.07) is 13.1. The molecule has 0 amide bonds. The number of rotatable bonds is 2. The topological polar surface area (TPSA) is 15.8 Å². The second-order valence-electron chi connectivity index (χ2n) is 4.73. The molecule has 0 saturated heterocycles. The first-order valence-electron chi connectivity index (χ1n) is 6.15. The molecular formula is C16H15Cl2NZr. The first-order valence-corrected chi connectivity index (χ1v) is 8.61. The molecule has 1 heterocycles. The quantitative estimate of drug-likeness (QED) is 0.540. The van der Waals surface area contributed by atoms with Gasteiger partial charge in [0.05, 0.1) is 0 Å². The fourth-order valence-electron chi connectivity index (χ4n) is 2.30. The van der Waals surface area contributed by atoms with Crippen molar-refractivity contribution < 1.29 is 48.0 Å². The molecular weight excluding hydrogens is 368 g/mol. The van der Waals surface area contributed by atoms with E-state index in [0.717, 1.165) is 0 Å². The summed E-state index contributed by atoms with van der Waals surface area (Å²) in [4.78, 5) is 3.37. The van der Waals surface area contributed by atoms with E-state index >= 15 is 0 Å². The van der Waals surface area contributed by atoms with Crippen LogP contribution in [0, 0.1) is 0 Å². The number of hydrogen-bond donors (Lipinski definition) is 1. The molecule has 1 aromatic heterocycles. The first-order chi connectivity index (χ1) is 8.75. The Morgan fingerprint density at radius 1 is 1.00 bits per heavy atom. The third-order valence-electron chi connectivity index (χ3n) is 3.20. The van der Waals surface area contributed by atoms with Gasteiger partial charge in [-0.15, -0.1) is 0 Å². The smallest absolute Gasteiger partial charge is 1.00 e. The fraction of sp³-hybridized carbons (Fsp3) is 0.125. The van der Waals surface area contributed by atoms with E-state index in [4.69, 9.17) is 0 Å². The SMILES string of the molecule is CC(C)=C1C=c2ccccc2=[C]1[Zr+2][c]1ccc[nH]1.[Cl-].[Cl-]. The van der Waals surface area contributed by atoms with Gasteiger partial charge in [0.25, 0.3) is 0 Å². The minimum Gasteiger partial charge on any atom is -1.00 e. The number of aromatic amines is 1. The Hall–Kier alpha value is -0.557. The molecule has 1 aliphatic rings. The van der Waals surface area contributed by atoms with Crippen LogP contribution >= 0.6 is 0 Å². The molecule has 0 unspecified atom stereocenters. The first kappa shape index (κ1) is 17.5. The van der Waals surface area contributed by atoms with E-state index in [1.54, 1.807) is 3.28 Å². The summed E-state index contributed by atoms with van der Waals surface area (Å²) in [5.41, 5.74) is 2.89. The normalized spacial score (nSPS) is 11.7. The number of nitrogens with one attached hydrogen (secondary N) is 1. The average molecular weight is 383 g/mol. The van der Waals surface area contributed by atoms with Crippen molar-refractivity contribution in [2.75, 3.05) is 0 Å². The summed E-state index contributed by atoms with van der Waals surface area (Å²) in [7, 11) is 0. The Morgan fingerprint density at radius 2 is 1.75 bits per heavy atom. The van der Waals surface area contributed by atoms with E-state index in [2.05, 4.69) is 61.3 Å². The Morgan fingerprint density at radius 3 is 2.40 bits per heavy atom. The van der Waals surface area contributed by atoms with Crippen molar-refractivity contribution in [1.82, 2.24) is 4.98 Å². The van der Waals surface area contributed by atoms with Crippen LogP contribution in [0.15, 0.2) is 53.7 Å². The van der Waals surface area contributed by atoms with Gasteiger partial charge in [-0.05, 0) is 0 Å². The average Bonchev–Trinajstić information content (AvgIpc) is 2.98. The Bertz CT molecular complexity index is 726. The van der Waals surface area contributed by atoms with Crippen molar-refractivity contribution in [3.63, 3.8) is 0 Å². The fourth-order valence-corrected chi connectivity index (χ4v) is 5.79. The number of H-pyrrole nitrogens is 1. The zero-order valence-electron chi connectivity index (χ0n) is 11.4. The zero-order chi connectivity index (χ0) is 12.5. The molecule has 0 aliphatic heterocycles. The Balaban J connectivity index is 0.000001000. The molecule has 2 aromatic rings. The van der Waals surface area contributed by atoms with Crippen molar-refractivity contribution in [3.8, 4) is 0 Å². The van der Waals surface area contributed by atoms with E-state index in [-0.39, 0.29) is 24.8 Å². The molecule has 20 heavy (non-hydrogen) atoms. The van der Waals surface area contributed by atoms with Gasteiger partial charge in [0.1, 0.15) is 0 Å². The largest absolute Gasteiger partial charge is 1.00 e. The third-order valence-corrected chi connectivity index (χ3v) is 6.56. The van der Waals surface area contributed by atoms with Gasteiger partial charge in [-0.25, -0.2) is 0 Å². The van der Waals surface area contributed by atoms with Crippen LogP contribution in [0.2, 0.25) is 0 Å². The van der Waals surface area contributed by atoms with Crippen molar-refractivity contribution in [3.05, 3.63) is 64.2 Å². The van der Waals surface area contributed by atoms with Crippen LogP contribution < -0.4 is 38.7 Å². The maximum atomic E-state index is 3.37. The van der Waals surface area contributed by atoms with Gasteiger partial charge in [0.15, 0.2) is 0 Å². The summed E-state index contributed by atoms with van der Waals surface area (Å²) in [6.45, 7) is 4.43. The predicted molar refractivity (Wildman–Crippen MR) is 72.4 cm³/mol.